The van der Waals surface area contributed by atoms with Gasteiger partial charge in [0.1, 0.15) is 0 Å². The van der Waals surface area contributed by atoms with Crippen LogP contribution in [0.2, 0.25) is 0 Å². The van der Waals surface area contributed by atoms with Crippen molar-refractivity contribution in [2.24, 2.45) is 0 Å². The van der Waals surface area contributed by atoms with Gasteiger partial charge in [0, 0.05) is 19.1 Å². The zero-order valence-electron chi connectivity index (χ0n) is 13.8. The molecule has 1 aromatic rings. The van der Waals surface area contributed by atoms with Gasteiger partial charge in [-0.2, -0.15) is 0 Å². The fourth-order valence-electron chi connectivity index (χ4n) is 3.22. The number of hydrogen-bond donors (Lipinski definition) is 1. The molecule has 118 valence electrons. The predicted octanol–water partition coefficient (Wildman–Crippen LogP) is 2.70. The van der Waals surface area contributed by atoms with Crippen molar-refractivity contribution < 1.29 is 5.11 Å². The van der Waals surface area contributed by atoms with Crippen LogP contribution in [0.3, 0.4) is 0 Å². The zero-order valence-corrected chi connectivity index (χ0v) is 13.8. The summed E-state index contributed by atoms with van der Waals surface area (Å²) in [6.07, 6.45) is 4.39. The van der Waals surface area contributed by atoms with Crippen molar-refractivity contribution in [3.05, 3.63) is 35.4 Å². The lowest BCUT2D eigenvalue weighted by Crippen LogP contribution is -2.46. The molecule has 1 N–H and O–H groups in total. The predicted molar refractivity (Wildman–Crippen MR) is 88.5 cm³/mol. The first-order valence-electron chi connectivity index (χ1n) is 8.25. The number of aliphatic hydroxyl groups excluding tert-OH is 1. The first-order chi connectivity index (χ1) is 10.1. The van der Waals surface area contributed by atoms with Crippen LogP contribution in [0.15, 0.2) is 24.3 Å². The van der Waals surface area contributed by atoms with Crippen LogP contribution in [0, 0.1) is 0 Å². The summed E-state index contributed by atoms with van der Waals surface area (Å²) in [4.78, 5) is 4.71. The highest BCUT2D eigenvalue weighted by molar-refractivity contribution is 5.24. The number of aliphatic hydroxyl groups is 1. The Balaban J connectivity index is 1.89. The maximum Gasteiger partial charge on any atom is 0.0916 e. The van der Waals surface area contributed by atoms with E-state index in [4.69, 9.17) is 0 Å². The summed E-state index contributed by atoms with van der Waals surface area (Å²) in [5, 5.41) is 10.5. The van der Waals surface area contributed by atoms with Crippen LogP contribution in [0.1, 0.15) is 43.4 Å². The molecule has 2 rings (SSSR count). The van der Waals surface area contributed by atoms with Crippen LogP contribution in [-0.4, -0.2) is 54.7 Å². The van der Waals surface area contributed by atoms with E-state index >= 15 is 0 Å². The Labute approximate surface area is 129 Å². The monoisotopic (exact) mass is 290 g/mol. The molecule has 1 saturated heterocycles. The fraction of sp³-hybridized carbons (Fsp3) is 0.667. The summed E-state index contributed by atoms with van der Waals surface area (Å²) in [6, 6.07) is 9.03. The number of nitrogens with zero attached hydrogens (tertiary/aromatic N) is 2. The van der Waals surface area contributed by atoms with E-state index in [1.165, 1.54) is 31.4 Å². The average Bonchev–Trinajstić information content (AvgIpc) is 2.48. The molecule has 2 unspecified atom stereocenters. The molecule has 0 spiro atoms. The lowest BCUT2D eigenvalue weighted by Gasteiger charge is -2.36. The summed E-state index contributed by atoms with van der Waals surface area (Å²) in [5.74, 6) is 0. The molecule has 3 heteroatoms. The SMILES string of the molecule is CCCc1ccc(C(O)CN(C)C2CCCN(C)C2)cc1. The van der Waals surface area contributed by atoms with Crippen LogP contribution in [0.5, 0.6) is 0 Å². The molecule has 0 aliphatic carbocycles. The molecule has 0 aromatic heterocycles. The zero-order chi connectivity index (χ0) is 15.2. The minimum Gasteiger partial charge on any atom is -0.387 e. The van der Waals surface area contributed by atoms with Gasteiger partial charge in [-0.1, -0.05) is 37.6 Å². The Hall–Kier alpha value is -0.900. The third kappa shape index (κ3) is 4.80. The lowest BCUT2D eigenvalue weighted by atomic mass is 10.0. The minimum atomic E-state index is -0.391. The van der Waals surface area contributed by atoms with Crippen molar-refractivity contribution >= 4 is 0 Å². The Kier molecular flexibility index (Phi) is 6.22. The number of piperidine rings is 1. The second kappa shape index (κ2) is 7.92. The van der Waals surface area contributed by atoms with Crippen molar-refractivity contribution in [1.29, 1.82) is 0 Å². The highest BCUT2D eigenvalue weighted by atomic mass is 16.3. The van der Waals surface area contributed by atoms with E-state index in [9.17, 15) is 5.11 Å². The summed E-state index contributed by atoms with van der Waals surface area (Å²) >= 11 is 0. The van der Waals surface area contributed by atoms with Gasteiger partial charge in [0.05, 0.1) is 6.10 Å². The van der Waals surface area contributed by atoms with E-state index in [1.54, 1.807) is 0 Å². The van der Waals surface area contributed by atoms with Gasteiger partial charge in [-0.25, -0.2) is 0 Å². The third-order valence-electron chi connectivity index (χ3n) is 4.59. The van der Waals surface area contributed by atoms with E-state index < -0.39 is 6.10 Å². The van der Waals surface area contributed by atoms with Crippen molar-refractivity contribution in [2.45, 2.75) is 44.8 Å². The van der Waals surface area contributed by atoms with Crippen molar-refractivity contribution in [3.63, 3.8) is 0 Å². The smallest absolute Gasteiger partial charge is 0.0916 e. The molecular formula is C18H30N2O. The minimum absolute atomic E-state index is 0.391. The second-order valence-corrected chi connectivity index (χ2v) is 6.51. The first-order valence-corrected chi connectivity index (χ1v) is 8.25. The van der Waals surface area contributed by atoms with Gasteiger partial charge in [-0.05, 0) is 51.0 Å². The van der Waals surface area contributed by atoms with Gasteiger partial charge in [0.25, 0.3) is 0 Å². The van der Waals surface area contributed by atoms with Crippen LogP contribution in [0.4, 0.5) is 0 Å². The molecule has 1 aliphatic rings. The van der Waals surface area contributed by atoms with Crippen LogP contribution in [0.25, 0.3) is 0 Å². The first kappa shape index (κ1) is 16.5. The molecule has 1 aliphatic heterocycles. The summed E-state index contributed by atoms with van der Waals surface area (Å²) in [6.45, 7) is 5.22. The van der Waals surface area contributed by atoms with Crippen molar-refractivity contribution in [3.8, 4) is 0 Å². The van der Waals surface area contributed by atoms with Gasteiger partial charge < -0.3 is 10.0 Å². The van der Waals surface area contributed by atoms with Gasteiger partial charge >= 0.3 is 0 Å². The molecule has 0 amide bonds. The van der Waals surface area contributed by atoms with Crippen molar-refractivity contribution in [1.82, 2.24) is 9.80 Å². The topological polar surface area (TPSA) is 26.7 Å². The number of likely N-dealkylation sites (N-methyl/N-ethyl adjacent to an activating group) is 2. The highest BCUT2D eigenvalue weighted by Crippen LogP contribution is 2.19. The van der Waals surface area contributed by atoms with Gasteiger partial charge in [0.15, 0.2) is 0 Å². The highest BCUT2D eigenvalue weighted by Gasteiger charge is 2.22. The standard InChI is InChI=1S/C18H30N2O/c1-4-6-15-8-10-16(11-9-15)18(21)14-20(3)17-7-5-12-19(2)13-17/h8-11,17-18,21H,4-7,12-14H2,1-3H3. The average molecular weight is 290 g/mol. The molecule has 2 atom stereocenters. The molecule has 1 heterocycles. The van der Waals surface area contributed by atoms with E-state index in [0.717, 1.165) is 18.5 Å². The van der Waals surface area contributed by atoms with Gasteiger partial charge in [0.2, 0.25) is 0 Å². The summed E-state index contributed by atoms with van der Waals surface area (Å²) in [7, 11) is 4.32. The number of hydrogen-bond acceptors (Lipinski definition) is 3. The largest absolute Gasteiger partial charge is 0.387 e. The maximum atomic E-state index is 10.5. The van der Waals surface area contributed by atoms with E-state index in [0.29, 0.717) is 12.6 Å². The number of benzene rings is 1. The molecule has 0 saturated carbocycles. The number of aryl methyl sites for hydroxylation is 1. The van der Waals surface area contributed by atoms with Gasteiger partial charge in [-0.3, -0.25) is 4.90 Å². The van der Waals surface area contributed by atoms with Crippen LogP contribution >= 0.6 is 0 Å². The molecule has 0 radical (unpaired) electrons. The van der Waals surface area contributed by atoms with Crippen LogP contribution < -0.4 is 0 Å². The van der Waals surface area contributed by atoms with Gasteiger partial charge in [-0.15, -0.1) is 0 Å². The molecule has 1 fully saturated rings. The molecule has 3 nitrogen and oxygen atoms in total. The third-order valence-corrected chi connectivity index (χ3v) is 4.59. The Morgan fingerprint density at radius 3 is 2.67 bits per heavy atom. The number of likely N-dealkylation sites (tertiary alicyclic amines) is 1. The Bertz CT molecular complexity index is 418. The van der Waals surface area contributed by atoms with Crippen LogP contribution in [-0.2, 0) is 6.42 Å². The van der Waals surface area contributed by atoms with E-state index in [-0.39, 0.29) is 0 Å². The Morgan fingerprint density at radius 1 is 1.33 bits per heavy atom. The molecular weight excluding hydrogens is 260 g/mol. The number of rotatable bonds is 6. The normalized spacial score (nSPS) is 21.7. The quantitative estimate of drug-likeness (QED) is 0.872. The van der Waals surface area contributed by atoms with Crippen molar-refractivity contribution in [2.75, 3.05) is 33.7 Å². The summed E-state index contributed by atoms with van der Waals surface area (Å²) in [5.41, 5.74) is 2.39. The second-order valence-electron chi connectivity index (χ2n) is 6.51. The maximum absolute atomic E-state index is 10.5. The summed E-state index contributed by atoms with van der Waals surface area (Å²) < 4.78 is 0. The molecule has 1 aromatic carbocycles. The van der Waals surface area contributed by atoms with E-state index in [2.05, 4.69) is 55.1 Å². The molecule has 0 bridgehead atoms. The molecule has 21 heavy (non-hydrogen) atoms. The lowest BCUT2D eigenvalue weighted by molar-refractivity contribution is 0.0742. The fourth-order valence-corrected chi connectivity index (χ4v) is 3.22. The Morgan fingerprint density at radius 2 is 2.05 bits per heavy atom. The van der Waals surface area contributed by atoms with E-state index in [1.807, 2.05) is 0 Å².